The van der Waals surface area contributed by atoms with Crippen molar-refractivity contribution in [2.75, 3.05) is 13.7 Å². The minimum absolute atomic E-state index is 0.0268. The van der Waals surface area contributed by atoms with E-state index in [0.29, 0.717) is 24.9 Å². The summed E-state index contributed by atoms with van der Waals surface area (Å²) in [7, 11) is 1.30. The van der Waals surface area contributed by atoms with E-state index in [9.17, 15) is 9.90 Å². The summed E-state index contributed by atoms with van der Waals surface area (Å²) < 4.78 is 43.4. The number of hydrogen-bond acceptors (Lipinski definition) is 6. The van der Waals surface area contributed by atoms with Crippen LogP contribution in [0.1, 0.15) is 56.2 Å². The SMILES string of the molecule is COC1(C)N=CC(C(N)=O)=C(c2c(Cl)c(F)cc3c2C[C@@](CNC2CCC(C)(O)CC2)(c2ccccc2)O3)C1F. The van der Waals surface area contributed by atoms with Gasteiger partial charge in [-0.15, -0.1) is 0 Å². The molecule has 1 saturated carbocycles. The number of alkyl halides is 1. The molecule has 1 fully saturated rings. The molecule has 2 aliphatic heterocycles. The van der Waals surface area contributed by atoms with Gasteiger partial charge in [-0.05, 0) is 45.1 Å². The number of carbonyl (C=O) groups is 1. The Kier molecular flexibility index (Phi) is 7.54. The van der Waals surface area contributed by atoms with Crippen LogP contribution >= 0.6 is 11.6 Å². The summed E-state index contributed by atoms with van der Waals surface area (Å²) in [5.41, 5.74) is 3.26. The van der Waals surface area contributed by atoms with E-state index in [1.165, 1.54) is 20.1 Å². The van der Waals surface area contributed by atoms with Crippen molar-refractivity contribution in [1.29, 1.82) is 0 Å². The van der Waals surface area contributed by atoms with Crippen LogP contribution < -0.4 is 15.8 Å². The van der Waals surface area contributed by atoms with Gasteiger partial charge < -0.3 is 25.6 Å². The third-order valence-electron chi connectivity index (χ3n) is 8.50. The molecule has 0 radical (unpaired) electrons. The number of carbonyl (C=O) groups excluding carboxylic acids is 1. The highest BCUT2D eigenvalue weighted by Gasteiger charge is 2.48. The summed E-state index contributed by atoms with van der Waals surface area (Å²) in [6.07, 6.45) is 2.36. The van der Waals surface area contributed by atoms with Gasteiger partial charge in [-0.2, -0.15) is 0 Å². The van der Waals surface area contributed by atoms with Gasteiger partial charge in [0.05, 0.1) is 16.2 Å². The maximum atomic E-state index is 16.2. The van der Waals surface area contributed by atoms with Gasteiger partial charge in [-0.25, -0.2) is 8.78 Å². The Balaban J connectivity index is 1.60. The molecule has 7 nitrogen and oxygen atoms in total. The molecule has 1 aliphatic carbocycles. The highest BCUT2D eigenvalue weighted by Crippen LogP contribution is 2.50. The first kappa shape index (κ1) is 28.7. The number of fused-ring (bicyclic) bond motifs is 1. The third kappa shape index (κ3) is 5.04. The van der Waals surface area contributed by atoms with Gasteiger partial charge in [0.2, 0.25) is 0 Å². The van der Waals surface area contributed by atoms with Crippen LogP contribution in [0.3, 0.4) is 0 Å². The predicted molar refractivity (Wildman–Crippen MR) is 150 cm³/mol. The maximum Gasteiger partial charge on any atom is 0.250 e. The van der Waals surface area contributed by atoms with Gasteiger partial charge in [0.15, 0.2) is 17.5 Å². The summed E-state index contributed by atoms with van der Waals surface area (Å²) in [5.74, 6) is -1.53. The fourth-order valence-corrected chi connectivity index (χ4v) is 6.19. The first-order valence-electron chi connectivity index (χ1n) is 13.4. The maximum absolute atomic E-state index is 16.2. The van der Waals surface area contributed by atoms with Crippen LogP contribution in [0.4, 0.5) is 8.78 Å². The standard InChI is InChI=1S/C30H34ClF2N3O4/c1-28(38)11-9-18(10-12-28)35-16-30(17-7-5-4-6-8-17)14-19-22(40-30)13-21(32)25(31)23(19)24-20(27(34)37)15-36-29(2,39-3)26(24)33/h4-8,13,15,18,26,35,38H,9-12,14,16H2,1-3H3,(H2,34,37)/t18?,26?,28?,29?,30-/m1/s1. The van der Waals surface area contributed by atoms with Crippen molar-refractivity contribution in [2.24, 2.45) is 10.7 Å². The van der Waals surface area contributed by atoms with Crippen molar-refractivity contribution in [3.8, 4) is 5.75 Å². The van der Waals surface area contributed by atoms with E-state index in [4.69, 9.17) is 26.8 Å². The number of rotatable bonds is 7. The molecule has 214 valence electrons. The van der Waals surface area contributed by atoms with Gasteiger partial charge in [-0.1, -0.05) is 41.9 Å². The molecule has 5 rings (SSSR count). The van der Waals surface area contributed by atoms with Crippen LogP contribution in [0, 0.1) is 5.82 Å². The number of amides is 1. The zero-order valence-corrected chi connectivity index (χ0v) is 23.5. The number of primary amides is 1. The van der Waals surface area contributed by atoms with Crippen molar-refractivity contribution >= 4 is 29.3 Å². The molecule has 10 heteroatoms. The average Bonchev–Trinajstić information content (AvgIpc) is 3.30. The molecule has 0 saturated heterocycles. The van der Waals surface area contributed by atoms with Gasteiger partial charge >= 0.3 is 0 Å². The summed E-state index contributed by atoms with van der Waals surface area (Å²) in [5, 5.41) is 13.6. The molecule has 0 aromatic heterocycles. The van der Waals surface area contributed by atoms with E-state index in [0.717, 1.165) is 24.6 Å². The largest absolute Gasteiger partial charge is 0.480 e. The van der Waals surface area contributed by atoms with Gasteiger partial charge in [-0.3, -0.25) is 9.79 Å². The number of aliphatic imine (C=N–C) groups is 1. The first-order chi connectivity index (χ1) is 18.9. The van der Waals surface area contributed by atoms with E-state index in [1.54, 1.807) is 0 Å². The Labute approximate surface area is 237 Å². The number of nitrogens with two attached hydrogens (primary N) is 1. The third-order valence-corrected chi connectivity index (χ3v) is 8.87. The van der Waals surface area contributed by atoms with Crippen molar-refractivity contribution in [3.05, 3.63) is 69.5 Å². The second-order valence-corrected chi connectivity index (χ2v) is 11.8. The molecule has 4 N–H and O–H groups in total. The topological polar surface area (TPSA) is 106 Å². The fourth-order valence-electron chi connectivity index (χ4n) is 5.92. The predicted octanol–water partition coefficient (Wildman–Crippen LogP) is 4.62. The summed E-state index contributed by atoms with van der Waals surface area (Å²) >= 11 is 6.54. The lowest BCUT2D eigenvalue weighted by molar-refractivity contribution is -0.114. The lowest BCUT2D eigenvalue weighted by Gasteiger charge is -2.36. The summed E-state index contributed by atoms with van der Waals surface area (Å²) in [6, 6.07) is 10.9. The van der Waals surface area contributed by atoms with Crippen LogP contribution in [0.2, 0.25) is 5.02 Å². The zero-order valence-electron chi connectivity index (χ0n) is 22.8. The van der Waals surface area contributed by atoms with Crippen LogP contribution in [0.5, 0.6) is 5.75 Å². The Morgan fingerprint density at radius 2 is 1.95 bits per heavy atom. The Morgan fingerprint density at radius 1 is 1.27 bits per heavy atom. The highest BCUT2D eigenvalue weighted by atomic mass is 35.5. The van der Waals surface area contributed by atoms with Crippen LogP contribution in [0.15, 0.2) is 47.0 Å². The van der Waals surface area contributed by atoms with E-state index in [2.05, 4.69) is 10.3 Å². The number of methoxy groups -OCH3 is 1. The van der Waals surface area contributed by atoms with E-state index in [1.807, 2.05) is 37.3 Å². The number of nitrogens with zero attached hydrogens (tertiary/aromatic N) is 1. The molecule has 1 amide bonds. The highest BCUT2D eigenvalue weighted by molar-refractivity contribution is 6.33. The molecule has 2 heterocycles. The molecule has 0 bridgehead atoms. The second kappa shape index (κ2) is 10.5. The number of hydrogen-bond donors (Lipinski definition) is 3. The van der Waals surface area contributed by atoms with Crippen LogP contribution in [-0.4, -0.2) is 54.4 Å². The van der Waals surface area contributed by atoms with Crippen molar-refractivity contribution < 1.29 is 28.2 Å². The van der Waals surface area contributed by atoms with Gasteiger partial charge in [0.25, 0.3) is 5.91 Å². The van der Waals surface area contributed by atoms with Crippen LogP contribution in [0.25, 0.3) is 5.57 Å². The zero-order chi connectivity index (χ0) is 28.9. The number of nitrogens with one attached hydrogen (secondary N) is 1. The van der Waals surface area contributed by atoms with Crippen LogP contribution in [-0.2, 0) is 21.6 Å². The molecular weight excluding hydrogens is 540 g/mol. The lowest BCUT2D eigenvalue weighted by Crippen LogP contribution is -2.48. The number of dihydropyridines is 1. The summed E-state index contributed by atoms with van der Waals surface area (Å²) in [6.45, 7) is 3.65. The summed E-state index contributed by atoms with van der Waals surface area (Å²) in [4.78, 5) is 16.5. The number of ether oxygens (including phenoxy) is 2. The number of benzene rings is 2. The number of aliphatic hydroxyl groups is 1. The van der Waals surface area contributed by atoms with E-state index >= 15 is 8.78 Å². The molecule has 2 aromatic rings. The molecule has 3 atom stereocenters. The number of halogens is 3. The first-order valence-corrected chi connectivity index (χ1v) is 13.8. The smallest absolute Gasteiger partial charge is 0.250 e. The normalized spacial score (nSPS) is 31.7. The molecule has 40 heavy (non-hydrogen) atoms. The van der Waals surface area contributed by atoms with E-state index < -0.39 is 34.8 Å². The molecular formula is C30H34ClF2N3O4. The molecule has 2 aromatic carbocycles. The van der Waals surface area contributed by atoms with Gasteiger partial charge in [0.1, 0.15) is 11.6 Å². The Morgan fingerprint density at radius 3 is 2.58 bits per heavy atom. The Hall–Kier alpha value is -2.85. The molecule has 2 unspecified atom stereocenters. The fraction of sp³-hybridized carbons (Fsp3) is 0.467. The minimum Gasteiger partial charge on any atom is -0.480 e. The Bertz CT molecular complexity index is 1370. The van der Waals surface area contributed by atoms with Crippen molar-refractivity contribution in [3.63, 3.8) is 0 Å². The monoisotopic (exact) mass is 573 g/mol. The second-order valence-electron chi connectivity index (χ2n) is 11.4. The quantitative estimate of drug-likeness (QED) is 0.448. The minimum atomic E-state index is -1.96. The van der Waals surface area contributed by atoms with E-state index in [-0.39, 0.29) is 39.9 Å². The van der Waals surface area contributed by atoms with Crippen molar-refractivity contribution in [1.82, 2.24) is 5.32 Å². The lowest BCUT2D eigenvalue weighted by atomic mass is 9.81. The van der Waals surface area contributed by atoms with Gasteiger partial charge in [0, 0.05) is 55.1 Å². The molecule has 3 aliphatic rings. The molecule has 0 spiro atoms. The average molecular weight is 574 g/mol. The van der Waals surface area contributed by atoms with Crippen molar-refractivity contribution in [2.45, 2.75) is 75.1 Å².